The fraction of sp³-hybridized carbons (Fsp3) is 0.500. The molecule has 1 aromatic carbocycles. The molecule has 0 fully saturated rings. The molecule has 0 amide bonds. The van der Waals surface area contributed by atoms with Crippen LogP contribution in [0.4, 0.5) is 0 Å². The molecule has 0 aliphatic heterocycles. The number of benzene rings is 1. The van der Waals surface area contributed by atoms with E-state index >= 15 is 0 Å². The highest BCUT2D eigenvalue weighted by molar-refractivity contribution is 5.80. The van der Waals surface area contributed by atoms with Crippen LogP contribution in [0.3, 0.4) is 0 Å². The number of aryl methyl sites for hydroxylation is 3. The molecule has 0 atom stereocenters. The molecule has 0 saturated carbocycles. The first-order chi connectivity index (χ1) is 9.69. The summed E-state index contributed by atoms with van der Waals surface area (Å²) in [6, 6.07) is 4.33. The van der Waals surface area contributed by atoms with E-state index < -0.39 is 5.97 Å². The Hall–Kier alpha value is -1.84. The Morgan fingerprint density at radius 3 is 2.65 bits per heavy atom. The third-order valence-corrected chi connectivity index (χ3v) is 4.06. The van der Waals surface area contributed by atoms with Crippen LogP contribution >= 0.6 is 0 Å². The number of aromatic nitrogens is 2. The monoisotopic (exact) mass is 272 g/mol. The zero-order valence-electron chi connectivity index (χ0n) is 11.9. The zero-order valence-corrected chi connectivity index (χ0v) is 11.9. The van der Waals surface area contributed by atoms with Gasteiger partial charge in [-0.05, 0) is 55.4 Å². The second-order valence-electron chi connectivity index (χ2n) is 5.57. The van der Waals surface area contributed by atoms with Crippen molar-refractivity contribution in [2.45, 2.75) is 52.0 Å². The van der Waals surface area contributed by atoms with Crippen molar-refractivity contribution in [2.24, 2.45) is 0 Å². The topological polar surface area (TPSA) is 55.1 Å². The van der Waals surface area contributed by atoms with Crippen LogP contribution < -0.4 is 0 Å². The number of aliphatic carboxylic acids is 1. The summed E-state index contributed by atoms with van der Waals surface area (Å²) in [5.41, 5.74) is 4.71. The summed E-state index contributed by atoms with van der Waals surface area (Å²) in [6.45, 7) is 2.10. The van der Waals surface area contributed by atoms with E-state index in [0.717, 1.165) is 42.5 Å². The summed E-state index contributed by atoms with van der Waals surface area (Å²) in [4.78, 5) is 15.8. The van der Waals surface area contributed by atoms with E-state index in [0.29, 0.717) is 0 Å². The minimum Gasteiger partial charge on any atom is -0.480 e. The van der Waals surface area contributed by atoms with Crippen molar-refractivity contribution in [2.75, 3.05) is 0 Å². The molecule has 0 unspecified atom stereocenters. The molecule has 1 aliphatic carbocycles. The van der Waals surface area contributed by atoms with E-state index in [4.69, 9.17) is 5.11 Å². The van der Waals surface area contributed by atoms with Gasteiger partial charge in [-0.2, -0.15) is 0 Å². The van der Waals surface area contributed by atoms with Gasteiger partial charge >= 0.3 is 5.97 Å². The molecule has 0 radical (unpaired) electrons. The Morgan fingerprint density at radius 2 is 2.00 bits per heavy atom. The van der Waals surface area contributed by atoms with Crippen LogP contribution in [0.25, 0.3) is 11.0 Å². The summed E-state index contributed by atoms with van der Waals surface area (Å²) in [6.07, 6.45) is 6.51. The van der Waals surface area contributed by atoms with Gasteiger partial charge in [-0.3, -0.25) is 4.79 Å². The maximum Gasteiger partial charge on any atom is 0.323 e. The quantitative estimate of drug-likeness (QED) is 0.931. The van der Waals surface area contributed by atoms with E-state index in [2.05, 4.69) is 24.0 Å². The van der Waals surface area contributed by atoms with Gasteiger partial charge in [0.05, 0.1) is 11.0 Å². The Kier molecular flexibility index (Phi) is 3.47. The van der Waals surface area contributed by atoms with Crippen molar-refractivity contribution < 1.29 is 9.90 Å². The van der Waals surface area contributed by atoms with E-state index in [1.807, 2.05) is 4.57 Å². The fourth-order valence-electron chi connectivity index (χ4n) is 3.13. The highest BCUT2D eigenvalue weighted by atomic mass is 16.4. The van der Waals surface area contributed by atoms with Gasteiger partial charge in [-0.1, -0.05) is 6.92 Å². The number of hydrogen-bond donors (Lipinski definition) is 1. The maximum absolute atomic E-state index is 11.1. The molecule has 1 aromatic heterocycles. The molecule has 4 nitrogen and oxygen atoms in total. The van der Waals surface area contributed by atoms with E-state index in [-0.39, 0.29) is 6.54 Å². The van der Waals surface area contributed by atoms with Crippen molar-refractivity contribution in [3.8, 4) is 0 Å². The van der Waals surface area contributed by atoms with Crippen molar-refractivity contribution >= 4 is 17.0 Å². The molecule has 0 bridgehead atoms. The lowest BCUT2D eigenvalue weighted by molar-refractivity contribution is -0.137. The maximum atomic E-state index is 11.1. The molecule has 1 N–H and O–H groups in total. The minimum atomic E-state index is -0.806. The van der Waals surface area contributed by atoms with Gasteiger partial charge in [0.15, 0.2) is 0 Å². The standard InChI is InChI=1S/C16H20N2O2/c1-2-5-15-17-13-8-11-6-3-4-7-12(11)9-14(13)18(15)10-16(19)20/h8-9H,2-7,10H2,1H3,(H,19,20). The average molecular weight is 272 g/mol. The van der Waals surface area contributed by atoms with Crippen LogP contribution in [-0.2, 0) is 30.6 Å². The summed E-state index contributed by atoms with van der Waals surface area (Å²) in [7, 11) is 0. The predicted molar refractivity (Wildman–Crippen MR) is 78.0 cm³/mol. The lowest BCUT2D eigenvalue weighted by Gasteiger charge is -2.15. The third-order valence-electron chi connectivity index (χ3n) is 4.06. The van der Waals surface area contributed by atoms with Crippen LogP contribution in [0.5, 0.6) is 0 Å². The molecule has 0 saturated heterocycles. The molecule has 1 aliphatic rings. The van der Waals surface area contributed by atoms with Crippen LogP contribution in [0.1, 0.15) is 43.1 Å². The second kappa shape index (κ2) is 5.27. The van der Waals surface area contributed by atoms with Gasteiger partial charge in [0.2, 0.25) is 0 Å². The SMILES string of the molecule is CCCc1nc2cc3c(cc2n1CC(=O)O)CCCC3. The molecule has 0 spiro atoms. The lowest BCUT2D eigenvalue weighted by Crippen LogP contribution is -2.12. The van der Waals surface area contributed by atoms with Gasteiger partial charge in [0.25, 0.3) is 0 Å². The Balaban J connectivity index is 2.15. The number of hydrogen-bond acceptors (Lipinski definition) is 2. The lowest BCUT2D eigenvalue weighted by atomic mass is 9.91. The molecule has 1 heterocycles. The van der Waals surface area contributed by atoms with Crippen LogP contribution in [-0.4, -0.2) is 20.6 Å². The van der Waals surface area contributed by atoms with Crippen molar-refractivity contribution in [3.63, 3.8) is 0 Å². The number of nitrogens with zero attached hydrogens (tertiary/aromatic N) is 2. The van der Waals surface area contributed by atoms with E-state index in [1.165, 1.54) is 24.0 Å². The van der Waals surface area contributed by atoms with Crippen molar-refractivity contribution in [1.29, 1.82) is 0 Å². The molecule has 4 heteroatoms. The first-order valence-electron chi connectivity index (χ1n) is 7.41. The Bertz CT molecular complexity index is 658. The number of imidazole rings is 1. The highest BCUT2D eigenvalue weighted by Crippen LogP contribution is 2.27. The molecular weight excluding hydrogens is 252 g/mol. The normalized spacial score (nSPS) is 14.4. The average Bonchev–Trinajstić information content (AvgIpc) is 2.74. The van der Waals surface area contributed by atoms with Gasteiger partial charge in [0, 0.05) is 6.42 Å². The Labute approximate surface area is 118 Å². The van der Waals surface area contributed by atoms with E-state index in [1.54, 1.807) is 0 Å². The number of rotatable bonds is 4. The highest BCUT2D eigenvalue weighted by Gasteiger charge is 2.17. The van der Waals surface area contributed by atoms with Gasteiger partial charge in [0.1, 0.15) is 12.4 Å². The molecule has 20 heavy (non-hydrogen) atoms. The van der Waals surface area contributed by atoms with Crippen LogP contribution in [0.15, 0.2) is 12.1 Å². The summed E-state index contributed by atoms with van der Waals surface area (Å²) >= 11 is 0. The predicted octanol–water partition coefficient (Wildman–Crippen LogP) is 2.95. The molecule has 106 valence electrons. The number of fused-ring (bicyclic) bond motifs is 2. The zero-order chi connectivity index (χ0) is 14.1. The number of carbonyl (C=O) groups is 1. The summed E-state index contributed by atoms with van der Waals surface area (Å²) < 4.78 is 1.87. The minimum absolute atomic E-state index is 0.00458. The number of carboxylic acid groups (broad SMARTS) is 1. The van der Waals surface area contributed by atoms with Crippen molar-refractivity contribution in [3.05, 3.63) is 29.1 Å². The summed E-state index contributed by atoms with van der Waals surface area (Å²) in [5, 5.41) is 9.13. The first kappa shape index (κ1) is 13.2. The second-order valence-corrected chi connectivity index (χ2v) is 5.57. The molecule has 2 aromatic rings. The summed E-state index contributed by atoms with van der Waals surface area (Å²) in [5.74, 6) is 0.0895. The molecular formula is C16H20N2O2. The van der Waals surface area contributed by atoms with E-state index in [9.17, 15) is 4.79 Å². The van der Waals surface area contributed by atoms with Gasteiger partial charge in [-0.15, -0.1) is 0 Å². The smallest absolute Gasteiger partial charge is 0.323 e. The number of carboxylic acids is 1. The van der Waals surface area contributed by atoms with Gasteiger partial charge < -0.3 is 9.67 Å². The van der Waals surface area contributed by atoms with Crippen molar-refractivity contribution in [1.82, 2.24) is 9.55 Å². The van der Waals surface area contributed by atoms with Crippen LogP contribution in [0, 0.1) is 0 Å². The molecule has 3 rings (SSSR count). The van der Waals surface area contributed by atoms with Crippen LogP contribution in [0.2, 0.25) is 0 Å². The Morgan fingerprint density at radius 1 is 1.30 bits per heavy atom. The van der Waals surface area contributed by atoms with Gasteiger partial charge in [-0.25, -0.2) is 4.98 Å². The first-order valence-corrected chi connectivity index (χ1v) is 7.41. The largest absolute Gasteiger partial charge is 0.480 e. The third kappa shape index (κ3) is 2.30. The fourth-order valence-corrected chi connectivity index (χ4v) is 3.13.